The summed E-state index contributed by atoms with van der Waals surface area (Å²) in [6, 6.07) is 4.59. The van der Waals surface area contributed by atoms with Gasteiger partial charge in [0.1, 0.15) is 15.6 Å². The average Bonchev–Trinajstić information content (AvgIpc) is 3.03. The number of amides is 1. The van der Waals surface area contributed by atoms with E-state index < -0.39 is 10.0 Å². The van der Waals surface area contributed by atoms with E-state index >= 15 is 0 Å². The second-order valence-corrected chi connectivity index (χ2v) is 11.0. The molecule has 0 spiro atoms. The topological polar surface area (TPSA) is 83.5 Å². The van der Waals surface area contributed by atoms with Crippen LogP contribution >= 0.6 is 34.5 Å². The molecule has 0 radical (unpaired) electrons. The summed E-state index contributed by atoms with van der Waals surface area (Å²) < 4.78 is 27.4. The molecule has 0 aliphatic carbocycles. The van der Waals surface area contributed by atoms with Gasteiger partial charge >= 0.3 is 0 Å². The maximum Gasteiger partial charge on any atom is 0.264 e. The zero-order valence-corrected chi connectivity index (χ0v) is 20.3. The molecule has 1 saturated heterocycles. The normalized spacial score (nSPS) is 15.6. The lowest BCUT2D eigenvalue weighted by Gasteiger charge is -2.34. The summed E-state index contributed by atoms with van der Waals surface area (Å²) in [7, 11) is -3.86. The van der Waals surface area contributed by atoms with E-state index in [9.17, 15) is 13.2 Å². The minimum absolute atomic E-state index is 0.0821. The number of aryl methyl sites for hydroxylation is 3. The predicted molar refractivity (Wildman–Crippen MR) is 123 cm³/mol. The summed E-state index contributed by atoms with van der Waals surface area (Å²) >= 11 is 13.6. The van der Waals surface area contributed by atoms with Crippen LogP contribution in [0.5, 0.6) is 0 Å². The highest BCUT2D eigenvalue weighted by molar-refractivity contribution is 7.89. The molecule has 11 heteroatoms. The molecule has 1 aliphatic rings. The average molecular weight is 499 g/mol. The number of fused-ring (bicyclic) bond motifs is 1. The van der Waals surface area contributed by atoms with Crippen LogP contribution in [0.3, 0.4) is 0 Å². The fraction of sp³-hybridized carbons (Fsp3) is 0.350. The van der Waals surface area contributed by atoms with Crippen LogP contribution in [0.25, 0.3) is 10.2 Å². The van der Waals surface area contributed by atoms with E-state index in [1.54, 1.807) is 11.0 Å². The lowest BCUT2D eigenvalue weighted by atomic mass is 10.1. The Kier molecular flexibility index (Phi) is 5.99. The number of hydrogen-bond acceptors (Lipinski definition) is 6. The Labute approximate surface area is 194 Å². The third kappa shape index (κ3) is 3.93. The van der Waals surface area contributed by atoms with Gasteiger partial charge in [-0.3, -0.25) is 4.79 Å². The summed E-state index contributed by atoms with van der Waals surface area (Å²) in [6.07, 6.45) is 0. The minimum atomic E-state index is -3.86. The Morgan fingerprint density at radius 1 is 1.03 bits per heavy atom. The molecule has 7 nitrogen and oxygen atoms in total. The van der Waals surface area contributed by atoms with E-state index in [1.807, 2.05) is 20.8 Å². The van der Waals surface area contributed by atoms with Crippen molar-refractivity contribution in [1.29, 1.82) is 0 Å². The smallest absolute Gasteiger partial charge is 0.264 e. The highest BCUT2D eigenvalue weighted by Gasteiger charge is 2.34. The first-order valence-corrected chi connectivity index (χ1v) is 12.6. The molecular formula is C20H20Cl2N4O3S2. The predicted octanol–water partition coefficient (Wildman–Crippen LogP) is 4.07. The Bertz CT molecular complexity index is 1280. The first kappa shape index (κ1) is 22.4. The lowest BCUT2D eigenvalue weighted by Crippen LogP contribution is -2.50. The van der Waals surface area contributed by atoms with Gasteiger partial charge in [-0.15, -0.1) is 11.3 Å². The summed E-state index contributed by atoms with van der Waals surface area (Å²) in [5.41, 5.74) is 1.71. The van der Waals surface area contributed by atoms with Crippen molar-refractivity contribution in [3.63, 3.8) is 0 Å². The third-order valence-corrected chi connectivity index (χ3v) is 9.35. The van der Waals surface area contributed by atoms with Crippen LogP contribution in [0.15, 0.2) is 23.1 Å². The first-order chi connectivity index (χ1) is 14.6. The molecule has 1 aliphatic heterocycles. The maximum absolute atomic E-state index is 13.2. The van der Waals surface area contributed by atoms with Crippen molar-refractivity contribution in [2.45, 2.75) is 25.7 Å². The molecule has 2 aromatic heterocycles. The Balaban J connectivity index is 1.56. The fourth-order valence-corrected chi connectivity index (χ4v) is 7.57. The Hall–Kier alpha value is -1.78. The Morgan fingerprint density at radius 3 is 2.26 bits per heavy atom. The number of carbonyl (C=O) groups excluding carboxylic acids is 1. The van der Waals surface area contributed by atoms with Crippen molar-refractivity contribution in [3.8, 4) is 0 Å². The molecule has 1 aromatic carbocycles. The van der Waals surface area contributed by atoms with Gasteiger partial charge < -0.3 is 4.90 Å². The van der Waals surface area contributed by atoms with Crippen molar-refractivity contribution < 1.29 is 13.2 Å². The van der Waals surface area contributed by atoms with Crippen molar-refractivity contribution in [2.75, 3.05) is 26.2 Å². The van der Waals surface area contributed by atoms with Gasteiger partial charge in [-0.2, -0.15) is 4.31 Å². The standard InChI is InChI=1S/C20H20Cl2N4O3S2/c1-11-16-12(2)23-13(3)24-19(16)30-17(11)20(27)25-7-9-26(10-8-25)31(28,29)18-14(21)5-4-6-15(18)22/h4-6H,7-10H2,1-3H3. The van der Waals surface area contributed by atoms with Gasteiger partial charge in [-0.1, -0.05) is 29.3 Å². The Morgan fingerprint density at radius 2 is 1.65 bits per heavy atom. The molecule has 31 heavy (non-hydrogen) atoms. The largest absolute Gasteiger partial charge is 0.335 e. The number of nitrogens with zero attached hydrogens (tertiary/aromatic N) is 4. The van der Waals surface area contributed by atoms with Crippen LogP contribution in [0.2, 0.25) is 10.0 Å². The van der Waals surface area contributed by atoms with Gasteiger partial charge in [0.15, 0.2) is 0 Å². The molecule has 1 fully saturated rings. The number of piperazine rings is 1. The van der Waals surface area contributed by atoms with E-state index in [2.05, 4.69) is 9.97 Å². The number of rotatable bonds is 3. The lowest BCUT2D eigenvalue weighted by molar-refractivity contribution is 0.0702. The van der Waals surface area contributed by atoms with Crippen molar-refractivity contribution in [2.24, 2.45) is 0 Å². The van der Waals surface area contributed by atoms with Gasteiger partial charge in [0.2, 0.25) is 10.0 Å². The van der Waals surface area contributed by atoms with Crippen LogP contribution in [-0.2, 0) is 10.0 Å². The number of carbonyl (C=O) groups is 1. The van der Waals surface area contributed by atoms with Gasteiger partial charge in [0.05, 0.1) is 14.9 Å². The number of hydrogen-bond donors (Lipinski definition) is 0. The van der Waals surface area contributed by atoms with Crippen LogP contribution in [0.1, 0.15) is 26.8 Å². The molecular weight excluding hydrogens is 479 g/mol. The second kappa shape index (κ2) is 8.29. The van der Waals surface area contributed by atoms with Crippen LogP contribution in [0, 0.1) is 20.8 Å². The third-order valence-electron chi connectivity index (χ3n) is 5.32. The number of sulfonamides is 1. The van der Waals surface area contributed by atoms with Crippen LogP contribution in [-0.4, -0.2) is 59.7 Å². The molecule has 0 saturated carbocycles. The van der Waals surface area contributed by atoms with Crippen molar-refractivity contribution in [1.82, 2.24) is 19.2 Å². The molecule has 0 atom stereocenters. The summed E-state index contributed by atoms with van der Waals surface area (Å²) in [4.78, 5) is 25.1. The maximum atomic E-state index is 13.2. The van der Waals surface area contributed by atoms with Crippen molar-refractivity contribution >= 4 is 60.7 Å². The molecule has 1 amide bonds. The van der Waals surface area contributed by atoms with Gasteiger partial charge in [-0.05, 0) is 38.5 Å². The van der Waals surface area contributed by atoms with E-state index in [1.165, 1.54) is 27.8 Å². The molecule has 0 unspecified atom stereocenters. The number of thiophene rings is 1. The monoisotopic (exact) mass is 498 g/mol. The summed E-state index contributed by atoms with van der Waals surface area (Å²) in [5.74, 6) is 0.549. The van der Waals surface area contributed by atoms with Gasteiger partial charge in [0, 0.05) is 37.3 Å². The molecule has 0 bridgehead atoms. The highest BCUT2D eigenvalue weighted by Crippen LogP contribution is 2.34. The van der Waals surface area contributed by atoms with E-state index in [0.29, 0.717) is 10.7 Å². The number of aromatic nitrogens is 2. The van der Waals surface area contributed by atoms with E-state index in [-0.39, 0.29) is 47.0 Å². The zero-order valence-electron chi connectivity index (χ0n) is 17.1. The second-order valence-electron chi connectivity index (χ2n) is 7.34. The number of halogens is 2. The van der Waals surface area contributed by atoms with Crippen LogP contribution in [0.4, 0.5) is 0 Å². The minimum Gasteiger partial charge on any atom is -0.335 e. The van der Waals surface area contributed by atoms with E-state index in [4.69, 9.17) is 23.2 Å². The van der Waals surface area contributed by atoms with Crippen molar-refractivity contribution in [3.05, 3.63) is 50.2 Å². The summed E-state index contributed by atoms with van der Waals surface area (Å²) in [6.45, 7) is 6.52. The fourth-order valence-electron chi connectivity index (χ4n) is 3.81. The number of benzene rings is 1. The molecule has 3 aromatic rings. The first-order valence-electron chi connectivity index (χ1n) is 9.59. The molecule has 4 rings (SSSR count). The van der Waals surface area contributed by atoms with Gasteiger partial charge in [0.25, 0.3) is 5.91 Å². The molecule has 3 heterocycles. The zero-order chi connectivity index (χ0) is 22.5. The van der Waals surface area contributed by atoms with Crippen LogP contribution < -0.4 is 0 Å². The summed E-state index contributed by atoms with van der Waals surface area (Å²) in [5, 5.41) is 1.07. The molecule has 164 valence electrons. The highest BCUT2D eigenvalue weighted by atomic mass is 35.5. The SMILES string of the molecule is Cc1nc(C)c2c(C)c(C(=O)N3CCN(S(=O)(=O)c4c(Cl)cccc4Cl)CC3)sc2n1. The van der Waals surface area contributed by atoms with Gasteiger partial charge in [-0.25, -0.2) is 18.4 Å². The molecule has 0 N–H and O–H groups in total. The quantitative estimate of drug-likeness (QED) is 0.543. The van der Waals surface area contributed by atoms with E-state index in [0.717, 1.165) is 21.5 Å².